The van der Waals surface area contributed by atoms with Gasteiger partial charge in [0.1, 0.15) is 6.04 Å². The Hall–Kier alpha value is -0.880. The van der Waals surface area contributed by atoms with Crippen LogP contribution in [0, 0.1) is 0 Å². The molecule has 0 rings (SSSR count). The third-order valence-electron chi connectivity index (χ3n) is 2.16. The molecule has 1 atom stereocenters. The second kappa shape index (κ2) is 9.09. The van der Waals surface area contributed by atoms with Crippen molar-refractivity contribution in [3.8, 4) is 0 Å². The van der Waals surface area contributed by atoms with E-state index in [1.54, 1.807) is 6.92 Å². The molecule has 0 aliphatic rings. The van der Waals surface area contributed by atoms with Crippen LogP contribution in [0.1, 0.15) is 53.9 Å². The molecular formula is C13H26N2O3S. The van der Waals surface area contributed by atoms with Gasteiger partial charge in [-0.25, -0.2) is 4.79 Å². The van der Waals surface area contributed by atoms with Crippen LogP contribution in [-0.4, -0.2) is 29.3 Å². The van der Waals surface area contributed by atoms with Gasteiger partial charge in [0, 0.05) is 5.54 Å². The van der Waals surface area contributed by atoms with Crippen molar-refractivity contribution in [2.75, 3.05) is 6.61 Å². The lowest BCUT2D eigenvalue weighted by molar-refractivity contribution is -0.145. The van der Waals surface area contributed by atoms with Gasteiger partial charge in [0.2, 0.25) is 0 Å². The van der Waals surface area contributed by atoms with Gasteiger partial charge in [0.25, 0.3) is 5.17 Å². The Morgan fingerprint density at radius 2 is 1.95 bits per heavy atom. The van der Waals surface area contributed by atoms with Crippen molar-refractivity contribution in [3.63, 3.8) is 0 Å². The molecule has 0 aliphatic carbocycles. The molecule has 0 saturated heterocycles. The Morgan fingerprint density at radius 1 is 1.32 bits per heavy atom. The van der Waals surface area contributed by atoms with E-state index in [9.17, 15) is 4.79 Å². The van der Waals surface area contributed by atoms with E-state index in [2.05, 4.69) is 17.7 Å². The van der Waals surface area contributed by atoms with Crippen LogP contribution in [0.3, 0.4) is 0 Å². The Labute approximate surface area is 121 Å². The second-order valence-electron chi connectivity index (χ2n) is 5.33. The SMILES string of the molecule is CCCCC(NC(=S)ONC(C)(C)C)C(=O)OCC. The van der Waals surface area contributed by atoms with Crippen molar-refractivity contribution < 1.29 is 14.4 Å². The van der Waals surface area contributed by atoms with Crippen LogP contribution in [0.5, 0.6) is 0 Å². The quantitative estimate of drug-likeness (QED) is 0.426. The molecule has 112 valence electrons. The molecule has 0 amide bonds. The van der Waals surface area contributed by atoms with E-state index in [4.69, 9.17) is 21.8 Å². The first kappa shape index (κ1) is 18.1. The zero-order chi connectivity index (χ0) is 14.9. The van der Waals surface area contributed by atoms with Crippen molar-refractivity contribution in [2.24, 2.45) is 0 Å². The molecule has 19 heavy (non-hydrogen) atoms. The number of carbonyl (C=O) groups excluding carboxylic acids is 1. The lowest BCUT2D eigenvalue weighted by Crippen LogP contribution is -2.46. The first-order valence-electron chi connectivity index (χ1n) is 6.71. The predicted molar refractivity (Wildman–Crippen MR) is 79.7 cm³/mol. The van der Waals surface area contributed by atoms with E-state index in [0.717, 1.165) is 12.8 Å². The Kier molecular flexibility index (Phi) is 8.67. The zero-order valence-electron chi connectivity index (χ0n) is 12.5. The second-order valence-corrected chi connectivity index (χ2v) is 5.70. The van der Waals surface area contributed by atoms with Crippen LogP contribution < -0.4 is 10.8 Å². The van der Waals surface area contributed by atoms with Gasteiger partial charge in [0.05, 0.1) is 6.61 Å². The minimum Gasteiger partial charge on any atom is -0.464 e. The number of nitrogens with one attached hydrogen (secondary N) is 2. The Bertz CT molecular complexity index is 290. The van der Waals surface area contributed by atoms with E-state index >= 15 is 0 Å². The van der Waals surface area contributed by atoms with Crippen molar-refractivity contribution in [1.29, 1.82) is 0 Å². The van der Waals surface area contributed by atoms with Crippen molar-refractivity contribution in [2.45, 2.75) is 65.5 Å². The van der Waals surface area contributed by atoms with Gasteiger partial charge in [-0.1, -0.05) is 19.8 Å². The van der Waals surface area contributed by atoms with Crippen LogP contribution in [-0.2, 0) is 14.4 Å². The summed E-state index contributed by atoms with van der Waals surface area (Å²) < 4.78 is 5.01. The van der Waals surface area contributed by atoms with E-state index < -0.39 is 6.04 Å². The molecule has 0 aromatic heterocycles. The van der Waals surface area contributed by atoms with Crippen molar-refractivity contribution in [3.05, 3.63) is 0 Å². The van der Waals surface area contributed by atoms with Crippen molar-refractivity contribution in [1.82, 2.24) is 10.8 Å². The molecule has 0 aromatic carbocycles. The maximum atomic E-state index is 11.8. The highest BCUT2D eigenvalue weighted by molar-refractivity contribution is 7.80. The molecule has 2 N–H and O–H groups in total. The average Bonchev–Trinajstić information content (AvgIpc) is 2.31. The van der Waals surface area contributed by atoms with Gasteiger partial charge in [-0.2, -0.15) is 0 Å². The molecule has 0 bridgehead atoms. The van der Waals surface area contributed by atoms with E-state index in [1.807, 2.05) is 20.8 Å². The number of ether oxygens (including phenoxy) is 1. The predicted octanol–water partition coefficient (Wildman–Crippen LogP) is 2.30. The smallest absolute Gasteiger partial charge is 0.328 e. The normalized spacial score (nSPS) is 12.7. The van der Waals surface area contributed by atoms with Crippen LogP contribution >= 0.6 is 12.2 Å². The molecule has 0 spiro atoms. The molecule has 0 saturated carbocycles. The van der Waals surface area contributed by atoms with Crippen molar-refractivity contribution >= 4 is 23.4 Å². The minimum absolute atomic E-state index is 0.157. The maximum Gasteiger partial charge on any atom is 0.328 e. The summed E-state index contributed by atoms with van der Waals surface area (Å²) in [5, 5.41) is 3.04. The number of unbranched alkanes of at least 4 members (excludes halogenated alkanes) is 1. The summed E-state index contributed by atoms with van der Waals surface area (Å²) in [6, 6.07) is -0.450. The first-order chi connectivity index (χ1) is 8.80. The number of rotatable bonds is 7. The number of carbonyl (C=O) groups is 1. The van der Waals surface area contributed by atoms with Gasteiger partial charge < -0.3 is 14.9 Å². The van der Waals surface area contributed by atoms with Crippen LogP contribution in [0.2, 0.25) is 0 Å². The molecule has 5 nitrogen and oxygen atoms in total. The van der Waals surface area contributed by atoms with Gasteiger partial charge in [-0.05, 0) is 46.3 Å². The Balaban J connectivity index is 4.29. The fourth-order valence-electron chi connectivity index (χ4n) is 1.27. The lowest BCUT2D eigenvalue weighted by atomic mass is 10.1. The van der Waals surface area contributed by atoms with Crippen LogP contribution in [0.4, 0.5) is 0 Å². The first-order valence-corrected chi connectivity index (χ1v) is 7.12. The maximum absolute atomic E-state index is 11.8. The van der Waals surface area contributed by atoms with Gasteiger partial charge >= 0.3 is 5.97 Å². The molecule has 0 heterocycles. The molecule has 1 unspecified atom stereocenters. The molecule has 0 aliphatic heterocycles. The number of esters is 1. The van der Waals surface area contributed by atoms with Crippen LogP contribution in [0.15, 0.2) is 0 Å². The summed E-state index contributed by atoms with van der Waals surface area (Å²) >= 11 is 5.05. The standard InChI is InChI=1S/C13H26N2O3S/c1-6-8-9-10(11(16)17-7-2)14-12(19)18-15-13(3,4)5/h10,15H,6-9H2,1-5H3,(H,14,19). The summed E-state index contributed by atoms with van der Waals surface area (Å²) in [6.07, 6.45) is 2.60. The summed E-state index contributed by atoms with van der Waals surface area (Å²) in [5.74, 6) is -0.294. The topological polar surface area (TPSA) is 59.6 Å². The van der Waals surface area contributed by atoms with Gasteiger partial charge in [0.15, 0.2) is 0 Å². The lowest BCUT2D eigenvalue weighted by Gasteiger charge is -2.23. The number of hydrogen-bond acceptors (Lipinski definition) is 5. The Morgan fingerprint density at radius 3 is 2.42 bits per heavy atom. The highest BCUT2D eigenvalue weighted by Gasteiger charge is 2.21. The minimum atomic E-state index is -0.450. The fraction of sp³-hybridized carbons (Fsp3) is 0.846. The van der Waals surface area contributed by atoms with Gasteiger partial charge in [-0.3, -0.25) is 0 Å². The summed E-state index contributed by atoms with van der Waals surface area (Å²) in [4.78, 5) is 17.0. The largest absolute Gasteiger partial charge is 0.464 e. The summed E-state index contributed by atoms with van der Waals surface area (Å²) in [7, 11) is 0. The molecule has 0 radical (unpaired) electrons. The number of thiocarbonyl (C=S) groups is 1. The highest BCUT2D eigenvalue weighted by atomic mass is 32.1. The summed E-state index contributed by atoms with van der Waals surface area (Å²) in [5.41, 5.74) is 2.58. The third kappa shape index (κ3) is 9.67. The van der Waals surface area contributed by atoms with Gasteiger partial charge in [-0.15, -0.1) is 5.48 Å². The zero-order valence-corrected chi connectivity index (χ0v) is 13.4. The number of hydroxylamine groups is 1. The van der Waals surface area contributed by atoms with E-state index in [-0.39, 0.29) is 16.7 Å². The number of hydrogen-bond donors (Lipinski definition) is 2. The molecular weight excluding hydrogens is 264 g/mol. The monoisotopic (exact) mass is 290 g/mol. The average molecular weight is 290 g/mol. The van der Waals surface area contributed by atoms with Crippen LogP contribution in [0.25, 0.3) is 0 Å². The third-order valence-corrected chi connectivity index (χ3v) is 2.36. The fourth-order valence-corrected chi connectivity index (χ4v) is 1.46. The highest BCUT2D eigenvalue weighted by Crippen LogP contribution is 2.04. The molecule has 0 fully saturated rings. The summed E-state index contributed by atoms with van der Waals surface area (Å²) in [6.45, 7) is 10.1. The van der Waals surface area contributed by atoms with E-state index in [0.29, 0.717) is 13.0 Å². The molecule has 6 heteroatoms. The van der Waals surface area contributed by atoms with E-state index in [1.165, 1.54) is 0 Å². The molecule has 0 aromatic rings.